The van der Waals surface area contributed by atoms with Gasteiger partial charge in [0.05, 0.1) is 11.2 Å². The lowest BCUT2D eigenvalue weighted by molar-refractivity contribution is -0.124. The summed E-state index contributed by atoms with van der Waals surface area (Å²) in [5.74, 6) is -0.758. The molecule has 0 saturated carbocycles. The summed E-state index contributed by atoms with van der Waals surface area (Å²) >= 11 is 1.26. The first-order valence-electron chi connectivity index (χ1n) is 7.19. The van der Waals surface area contributed by atoms with Crippen molar-refractivity contribution in [3.63, 3.8) is 0 Å². The lowest BCUT2D eigenvalue weighted by Crippen LogP contribution is -2.29. The Morgan fingerprint density at radius 3 is 2.95 bits per heavy atom. The van der Waals surface area contributed by atoms with Crippen molar-refractivity contribution >= 4 is 23.2 Å². The van der Waals surface area contributed by atoms with Gasteiger partial charge < -0.3 is 10.1 Å². The highest BCUT2D eigenvalue weighted by Gasteiger charge is 2.12. The molecule has 1 aromatic heterocycles. The van der Waals surface area contributed by atoms with Crippen molar-refractivity contribution in [3.8, 4) is 0 Å². The molecule has 0 aromatic carbocycles. The number of rotatable bonds is 6. The first kappa shape index (κ1) is 15.7. The third kappa shape index (κ3) is 5.30. The Morgan fingerprint density at radius 1 is 1.43 bits per heavy atom. The molecule has 1 amide bonds. The number of nitrogens with one attached hydrogen (secondary N) is 1. The Kier molecular flexibility index (Phi) is 5.92. The number of carbonyl (C=O) groups excluding carboxylic acids is 2. The Balaban J connectivity index is 1.63. The standard InChI is InChI=1S/C15H20N2O3S/c1-11-17-9-13(21-11)15(19)20-10-14(18)16-8-7-12-5-3-2-4-6-12/h5,9H,2-4,6-8,10H2,1H3,(H,16,18). The minimum atomic E-state index is -0.495. The molecule has 0 atom stereocenters. The lowest BCUT2D eigenvalue weighted by atomic mass is 9.97. The van der Waals surface area contributed by atoms with Crippen molar-refractivity contribution in [1.82, 2.24) is 10.3 Å². The van der Waals surface area contributed by atoms with Crippen LogP contribution in [0.3, 0.4) is 0 Å². The van der Waals surface area contributed by atoms with Crippen LogP contribution in [0, 0.1) is 6.92 Å². The van der Waals surface area contributed by atoms with Crippen molar-refractivity contribution in [2.75, 3.05) is 13.2 Å². The smallest absolute Gasteiger partial charge is 0.350 e. The van der Waals surface area contributed by atoms with Crippen molar-refractivity contribution in [3.05, 3.63) is 27.7 Å². The van der Waals surface area contributed by atoms with Gasteiger partial charge in [-0.2, -0.15) is 0 Å². The van der Waals surface area contributed by atoms with E-state index >= 15 is 0 Å². The molecule has 1 aliphatic rings. The van der Waals surface area contributed by atoms with Crippen LogP contribution in [0.15, 0.2) is 17.8 Å². The number of nitrogens with zero attached hydrogens (tertiary/aromatic N) is 1. The fourth-order valence-corrected chi connectivity index (χ4v) is 2.87. The van der Waals surface area contributed by atoms with Gasteiger partial charge in [-0.1, -0.05) is 11.6 Å². The fourth-order valence-electron chi connectivity index (χ4n) is 2.20. The second-order valence-corrected chi connectivity index (χ2v) is 6.26. The van der Waals surface area contributed by atoms with E-state index in [-0.39, 0.29) is 12.5 Å². The molecule has 0 saturated heterocycles. The Morgan fingerprint density at radius 2 is 2.29 bits per heavy atom. The number of hydrogen-bond acceptors (Lipinski definition) is 5. The van der Waals surface area contributed by atoms with Crippen LogP contribution in [0.2, 0.25) is 0 Å². The molecule has 1 aromatic rings. The molecule has 0 aliphatic heterocycles. The molecule has 114 valence electrons. The zero-order valence-electron chi connectivity index (χ0n) is 12.2. The number of aromatic nitrogens is 1. The minimum Gasteiger partial charge on any atom is -0.451 e. The highest BCUT2D eigenvalue weighted by molar-refractivity contribution is 7.13. The highest BCUT2D eigenvalue weighted by Crippen LogP contribution is 2.19. The van der Waals surface area contributed by atoms with E-state index < -0.39 is 5.97 Å². The van der Waals surface area contributed by atoms with Gasteiger partial charge >= 0.3 is 5.97 Å². The summed E-state index contributed by atoms with van der Waals surface area (Å²) in [6.07, 6.45) is 9.41. The van der Waals surface area contributed by atoms with Crippen LogP contribution in [-0.4, -0.2) is 30.0 Å². The summed E-state index contributed by atoms with van der Waals surface area (Å²) in [4.78, 5) is 27.6. The third-order valence-corrected chi connectivity index (χ3v) is 4.20. The molecule has 0 spiro atoms. The number of thiazole rings is 1. The van der Waals surface area contributed by atoms with E-state index in [1.165, 1.54) is 35.9 Å². The third-order valence-electron chi connectivity index (χ3n) is 3.31. The number of hydrogen-bond donors (Lipinski definition) is 1. The number of esters is 1. The number of amides is 1. The van der Waals surface area contributed by atoms with Gasteiger partial charge in [-0.3, -0.25) is 4.79 Å². The van der Waals surface area contributed by atoms with E-state index in [0.717, 1.165) is 24.3 Å². The molecule has 5 nitrogen and oxygen atoms in total. The molecule has 1 aliphatic carbocycles. The molecule has 0 unspecified atom stereocenters. The number of ether oxygens (including phenoxy) is 1. The fraction of sp³-hybridized carbons (Fsp3) is 0.533. The van der Waals surface area contributed by atoms with E-state index in [0.29, 0.717) is 11.4 Å². The van der Waals surface area contributed by atoms with Crippen LogP contribution in [0.5, 0.6) is 0 Å². The van der Waals surface area contributed by atoms with Gasteiger partial charge in [0.25, 0.3) is 5.91 Å². The summed E-state index contributed by atoms with van der Waals surface area (Å²) < 4.78 is 4.95. The molecule has 1 N–H and O–H groups in total. The quantitative estimate of drug-likeness (QED) is 0.648. The van der Waals surface area contributed by atoms with E-state index in [2.05, 4.69) is 16.4 Å². The first-order valence-corrected chi connectivity index (χ1v) is 8.01. The van der Waals surface area contributed by atoms with E-state index in [1.807, 2.05) is 6.92 Å². The van der Waals surface area contributed by atoms with E-state index in [9.17, 15) is 9.59 Å². The SMILES string of the molecule is Cc1ncc(C(=O)OCC(=O)NCCC2=CCCCC2)s1. The van der Waals surface area contributed by atoms with Crippen LogP contribution >= 0.6 is 11.3 Å². The van der Waals surface area contributed by atoms with Crippen LogP contribution in [0.25, 0.3) is 0 Å². The molecule has 2 rings (SSSR count). The molecule has 6 heteroatoms. The maximum Gasteiger partial charge on any atom is 0.350 e. The van der Waals surface area contributed by atoms with Crippen molar-refractivity contribution < 1.29 is 14.3 Å². The van der Waals surface area contributed by atoms with Gasteiger partial charge in [0.2, 0.25) is 0 Å². The van der Waals surface area contributed by atoms with Crippen molar-refractivity contribution in [1.29, 1.82) is 0 Å². The maximum absolute atomic E-state index is 11.6. The molecule has 0 bridgehead atoms. The summed E-state index contributed by atoms with van der Waals surface area (Å²) in [5, 5.41) is 3.57. The molecular formula is C15H20N2O3S. The number of allylic oxidation sites excluding steroid dienone is 1. The highest BCUT2D eigenvalue weighted by atomic mass is 32.1. The predicted octanol–water partition coefficient (Wildman–Crippen LogP) is 2.62. The average Bonchev–Trinajstić information content (AvgIpc) is 2.92. The summed E-state index contributed by atoms with van der Waals surface area (Å²) in [6, 6.07) is 0. The Labute approximate surface area is 128 Å². The Hall–Kier alpha value is -1.69. The van der Waals surface area contributed by atoms with Gasteiger partial charge in [-0.15, -0.1) is 11.3 Å². The zero-order valence-corrected chi connectivity index (χ0v) is 13.0. The summed E-state index contributed by atoms with van der Waals surface area (Å²) in [7, 11) is 0. The minimum absolute atomic E-state index is 0.241. The monoisotopic (exact) mass is 308 g/mol. The first-order chi connectivity index (χ1) is 10.1. The van der Waals surface area contributed by atoms with Gasteiger partial charge in [-0.25, -0.2) is 9.78 Å². The largest absolute Gasteiger partial charge is 0.451 e. The molecular weight excluding hydrogens is 288 g/mol. The van der Waals surface area contributed by atoms with Gasteiger partial charge in [0.15, 0.2) is 6.61 Å². The zero-order chi connectivity index (χ0) is 15.1. The molecule has 1 heterocycles. The van der Waals surface area contributed by atoms with Gasteiger partial charge in [-0.05, 0) is 39.0 Å². The van der Waals surface area contributed by atoms with E-state index in [4.69, 9.17) is 4.74 Å². The van der Waals surface area contributed by atoms with Crippen molar-refractivity contribution in [2.45, 2.75) is 39.0 Å². The lowest BCUT2D eigenvalue weighted by Gasteiger charge is -2.12. The number of carbonyl (C=O) groups is 2. The van der Waals surface area contributed by atoms with E-state index in [1.54, 1.807) is 0 Å². The molecule has 21 heavy (non-hydrogen) atoms. The summed E-state index contributed by atoms with van der Waals surface area (Å²) in [5.41, 5.74) is 1.42. The summed E-state index contributed by atoms with van der Waals surface area (Å²) in [6.45, 7) is 2.17. The topological polar surface area (TPSA) is 68.3 Å². The van der Waals surface area contributed by atoms with Gasteiger partial charge in [0.1, 0.15) is 4.88 Å². The normalized spacial score (nSPS) is 14.4. The Bertz CT molecular complexity index is 537. The molecule has 0 fully saturated rings. The van der Waals surface area contributed by atoms with Crippen LogP contribution < -0.4 is 5.32 Å². The molecule has 0 radical (unpaired) electrons. The van der Waals surface area contributed by atoms with Crippen molar-refractivity contribution in [2.24, 2.45) is 0 Å². The van der Waals surface area contributed by atoms with Crippen LogP contribution in [0.4, 0.5) is 0 Å². The average molecular weight is 308 g/mol. The second-order valence-electron chi connectivity index (χ2n) is 5.03. The van der Waals surface area contributed by atoms with Gasteiger partial charge in [0, 0.05) is 6.54 Å². The number of aryl methyl sites for hydroxylation is 1. The van der Waals surface area contributed by atoms with Crippen LogP contribution in [-0.2, 0) is 9.53 Å². The van der Waals surface area contributed by atoms with Crippen LogP contribution in [0.1, 0.15) is 46.8 Å². The second kappa shape index (κ2) is 7.93. The predicted molar refractivity (Wildman–Crippen MR) is 81.3 cm³/mol. The maximum atomic E-state index is 11.6.